The topological polar surface area (TPSA) is 938 Å². The summed E-state index contributed by atoms with van der Waals surface area (Å²) in [6.45, 7) is -13.7. The average Bonchev–Trinajstić information content (AvgIpc) is 0.738. The van der Waals surface area contributed by atoms with Gasteiger partial charge in [-0.1, -0.05) is 0 Å². The second-order valence-electron chi connectivity index (χ2n) is 28.3. The number of rotatable bonds is 40. The van der Waals surface area contributed by atoms with Gasteiger partial charge in [0.05, 0.1) is 66.1 Å². The Bertz CT molecular complexity index is 3320. The molecule has 8 aliphatic heterocycles. The number of carboxylic acids is 1. The summed E-state index contributed by atoms with van der Waals surface area (Å²) >= 11 is 0. The van der Waals surface area contributed by atoms with Gasteiger partial charge in [0, 0.05) is 26.4 Å². The van der Waals surface area contributed by atoms with Crippen molar-refractivity contribution in [2.75, 3.05) is 79.2 Å². The molecule has 61 heteroatoms. The molecule has 0 aromatic rings. The quantitative estimate of drug-likeness (QED) is 0.0200. The fraction of sp³-hybridized carbons (Fsp3) is 0.966. The standard InChI is InChI=1S/C59H105N2O56P3/c1-15(70)99-45-36(85)39(16(71)7-62)104-56(49(45)112-53-34(83)30(79)27(76)22(12-67)102-53)113-50-46(109-54-35(84)31(80)42(23(13-68)103-54)106-51-32(81)28(77)25(74)20(10-65)100-51)37(86)43(24(14-69)116-118(91,92)97-4-2-60)107-57(50)110-47-38(87)55(105-40(17(72)8-63)48(47)111-52-33(82)29(78)26(75)21(11-66)101-52)108-44-19(115-120(95,96)117-119(93,94)98-5-3-61)6-59(90,58(88)89)114-41(44)18(73)9-64/h16-57,62-69,71-87,90H,2-14,60-61H2,1H3,(H,88,89)(H,91,92)(H,93,94)(H,95,96)/t16-,17-,18+,19+,20+,21+,22+,23+,24-,25+,26+,27-,28-,29-,30-,31+,32+,33+,34+,35+,36+,37+,38-,39+,40+,41+,42+,43+,44+,45-,46-,47+,48+,49-,50-,51-,52-,53-,54+,55+,56+,57+,59+/m0/s1. The molecule has 8 aliphatic rings. The molecule has 0 aromatic heterocycles. The largest absolute Gasteiger partial charge is 0.481 e. The molecule has 8 rings (SSSR count). The smallest absolute Gasteiger partial charge is 0.477 e. The highest BCUT2D eigenvalue weighted by molar-refractivity contribution is 7.61. The lowest BCUT2D eigenvalue weighted by molar-refractivity contribution is -0.428. The van der Waals surface area contributed by atoms with Gasteiger partial charge in [0.1, 0.15) is 201 Å². The number of phosphoric acid groups is 3. The third-order valence-electron chi connectivity index (χ3n) is 19.9. The van der Waals surface area contributed by atoms with Crippen molar-refractivity contribution in [1.82, 2.24) is 0 Å². The molecule has 58 nitrogen and oxygen atoms in total. The lowest BCUT2D eigenvalue weighted by Gasteiger charge is -2.53. The van der Waals surface area contributed by atoms with E-state index in [0.717, 1.165) is 0 Å². The molecular weight excluding hydrogens is 1730 g/mol. The van der Waals surface area contributed by atoms with Crippen LogP contribution in [0.15, 0.2) is 0 Å². The van der Waals surface area contributed by atoms with Gasteiger partial charge in [-0.2, -0.15) is 4.31 Å². The van der Waals surface area contributed by atoms with Crippen molar-refractivity contribution in [2.24, 2.45) is 11.5 Å². The Morgan fingerprint density at radius 1 is 0.400 bits per heavy atom. The van der Waals surface area contributed by atoms with Crippen LogP contribution in [-0.2, 0) is 121 Å². The van der Waals surface area contributed by atoms with Crippen molar-refractivity contribution in [1.29, 1.82) is 0 Å². The molecule has 8 fully saturated rings. The number of hydrogen-bond acceptors (Lipinski definition) is 54. The minimum atomic E-state index is -6.42. The summed E-state index contributed by atoms with van der Waals surface area (Å²) in [6, 6.07) is 0. The average molecular weight is 1830 g/mol. The van der Waals surface area contributed by atoms with E-state index in [2.05, 4.69) is 8.83 Å². The van der Waals surface area contributed by atoms with E-state index in [1.807, 2.05) is 0 Å². The Morgan fingerprint density at radius 2 is 0.767 bits per heavy atom. The summed E-state index contributed by atoms with van der Waals surface area (Å²) in [6.07, 6.45) is -111. The number of aliphatic carboxylic acids is 1. The van der Waals surface area contributed by atoms with Crippen molar-refractivity contribution in [2.45, 2.75) is 277 Å². The molecule has 0 spiro atoms. The molecule has 0 aliphatic carbocycles. The van der Waals surface area contributed by atoms with Crippen LogP contribution in [0.2, 0.25) is 0 Å². The molecule has 0 saturated carbocycles. The maximum absolute atomic E-state index is 13.8. The first-order valence-electron chi connectivity index (χ1n) is 36.5. The van der Waals surface area contributed by atoms with E-state index in [1.165, 1.54) is 0 Å². The SMILES string of the molecule is CC(=O)O[C@H]1[C@H](O)[C@@H]([C@@H](O)CO)O[C@H](O[C@@H]2[C@@H](O[C@@H]3[C@H](O)[C@@H](O[C@H]4[C@@H]([C@H](O)CO)O[C@@](O)(C(=O)O)C[C@H]4OP(=O)(O)OP(=O)(O)OCCN)O[C@H]([C@@H](O)CO)[C@H]3O[C@@H]3O[C@H](CO)[C@@H](O)[C@H](O)[C@H]3O)O[C@H]([C@H](CO)OP(=O)(O)OCCN)[C@@H](O)[C@@H]2O[C@H]2O[C@H](CO)[C@@H](O[C@@H]3O[C@H](CO)[C@@H](O)[C@H](O)[C@H]3O)[C@H](O)[C@H]2O)[C@H]1O[C@@H]1O[C@H](CO)[C@H](O)[C@H](O)[C@H]1O. The fourth-order valence-electron chi connectivity index (χ4n) is 13.9. The van der Waals surface area contributed by atoms with Crippen molar-refractivity contribution in [3.05, 3.63) is 0 Å². The summed E-state index contributed by atoms with van der Waals surface area (Å²) in [4.78, 5) is 58.6. The molecule has 46 atom stereocenters. The molecule has 0 bridgehead atoms. The lowest BCUT2D eigenvalue weighted by atomic mass is 9.91. The molecule has 0 radical (unpaired) electrons. The minimum Gasteiger partial charge on any atom is -0.477 e. The number of aliphatic hydroxyl groups excluding tert-OH is 25. The molecular formula is C59H105N2O56P3. The van der Waals surface area contributed by atoms with Gasteiger partial charge in [0.15, 0.2) is 56.2 Å². The zero-order chi connectivity index (χ0) is 89.4. The minimum absolute atomic E-state index is 0.568. The van der Waals surface area contributed by atoms with Crippen molar-refractivity contribution in [3.63, 3.8) is 0 Å². The summed E-state index contributed by atoms with van der Waals surface area (Å²) in [5.41, 5.74) is 10.8. The summed E-state index contributed by atoms with van der Waals surface area (Å²) in [5.74, 6) is -7.68. The molecule has 0 aromatic carbocycles. The third-order valence-corrected chi connectivity index (χ3v) is 23.7. The molecule has 34 N–H and O–H groups in total. The third kappa shape index (κ3) is 24.0. The van der Waals surface area contributed by atoms with Gasteiger partial charge in [0.25, 0.3) is 5.79 Å². The highest BCUT2D eigenvalue weighted by Gasteiger charge is 2.65. The van der Waals surface area contributed by atoms with Gasteiger partial charge < -0.3 is 240 Å². The van der Waals surface area contributed by atoms with E-state index in [9.17, 15) is 176 Å². The Hall–Kier alpha value is -2.41. The zero-order valence-electron chi connectivity index (χ0n) is 62.5. The number of hydrogen-bond donors (Lipinski definition) is 32. The first-order chi connectivity index (χ1) is 56.3. The van der Waals surface area contributed by atoms with Crippen LogP contribution in [0.1, 0.15) is 13.3 Å². The van der Waals surface area contributed by atoms with Crippen LogP contribution in [0.25, 0.3) is 0 Å². The molecule has 702 valence electrons. The number of phosphoric ester groups is 3. The predicted molar refractivity (Wildman–Crippen MR) is 361 cm³/mol. The van der Waals surface area contributed by atoms with Gasteiger partial charge in [-0.15, -0.1) is 0 Å². The highest BCUT2D eigenvalue weighted by Crippen LogP contribution is 2.62. The highest BCUT2D eigenvalue weighted by atomic mass is 31.3. The first-order valence-corrected chi connectivity index (χ1v) is 41.0. The van der Waals surface area contributed by atoms with Crippen LogP contribution in [0, 0.1) is 0 Å². The van der Waals surface area contributed by atoms with Gasteiger partial charge in [-0.3, -0.25) is 22.9 Å². The van der Waals surface area contributed by atoms with Crippen LogP contribution >= 0.6 is 23.5 Å². The maximum Gasteiger partial charge on any atom is 0.481 e. The zero-order valence-corrected chi connectivity index (χ0v) is 65.2. The van der Waals surface area contributed by atoms with Crippen LogP contribution < -0.4 is 11.5 Å². The van der Waals surface area contributed by atoms with E-state index >= 15 is 0 Å². The maximum atomic E-state index is 13.8. The molecule has 8 saturated heterocycles. The lowest BCUT2D eigenvalue weighted by Crippen LogP contribution is -2.72. The normalized spacial score (nSPS) is 45.5. The van der Waals surface area contributed by atoms with Crippen molar-refractivity contribution < 1.29 is 274 Å². The van der Waals surface area contributed by atoms with E-state index in [4.69, 9.17) is 101 Å². The number of aliphatic hydroxyl groups is 26. The van der Waals surface area contributed by atoms with E-state index in [0.29, 0.717) is 6.92 Å². The van der Waals surface area contributed by atoms with E-state index < -0.39 is 384 Å². The van der Waals surface area contributed by atoms with Crippen LogP contribution in [-0.4, -0.2) is 507 Å². The summed E-state index contributed by atoms with van der Waals surface area (Å²) in [7, 11) is -18.0. The van der Waals surface area contributed by atoms with Crippen LogP contribution in [0.5, 0.6) is 0 Å². The Morgan fingerprint density at radius 3 is 1.23 bits per heavy atom. The van der Waals surface area contributed by atoms with E-state index in [-0.39, 0.29) is 0 Å². The number of carbonyl (C=O) groups excluding carboxylic acids is 1. The molecule has 8 heterocycles. The van der Waals surface area contributed by atoms with E-state index in [1.54, 1.807) is 0 Å². The Labute approximate surface area is 675 Å². The second kappa shape index (κ2) is 44.3. The Kier molecular flexibility index (Phi) is 38.0. The van der Waals surface area contributed by atoms with Crippen LogP contribution in [0.4, 0.5) is 0 Å². The van der Waals surface area contributed by atoms with Crippen LogP contribution in [0.3, 0.4) is 0 Å². The second-order valence-corrected chi connectivity index (χ2v) is 32.7. The van der Waals surface area contributed by atoms with Crippen molar-refractivity contribution in [3.8, 4) is 0 Å². The first kappa shape index (κ1) is 103. The molecule has 3 unspecified atom stereocenters. The van der Waals surface area contributed by atoms with Crippen molar-refractivity contribution >= 4 is 35.4 Å². The summed E-state index contributed by atoms with van der Waals surface area (Å²) in [5, 5.41) is 303. The predicted octanol–water partition coefficient (Wildman–Crippen LogP) is -19.6. The number of esters is 1. The van der Waals surface area contributed by atoms with Gasteiger partial charge in [-0.25, -0.2) is 18.5 Å². The monoisotopic (exact) mass is 1830 g/mol. The number of ether oxygens (including phenoxy) is 16. The van der Waals surface area contributed by atoms with Gasteiger partial charge in [-0.05, 0) is 0 Å². The number of carbonyl (C=O) groups is 2. The Balaban J connectivity index is 1.40. The molecule has 0 amide bonds. The summed E-state index contributed by atoms with van der Waals surface area (Å²) < 4.78 is 159. The number of carboxylic acid groups (broad SMARTS) is 1. The van der Waals surface area contributed by atoms with Gasteiger partial charge in [0.2, 0.25) is 0 Å². The molecule has 120 heavy (non-hydrogen) atoms. The number of nitrogens with two attached hydrogens (primary N) is 2. The van der Waals surface area contributed by atoms with Gasteiger partial charge >= 0.3 is 35.4 Å². The fourth-order valence-corrected chi connectivity index (χ4v) is 17.1.